The van der Waals surface area contributed by atoms with E-state index < -0.39 is 17.3 Å². The van der Waals surface area contributed by atoms with Crippen LogP contribution in [0.3, 0.4) is 0 Å². The van der Waals surface area contributed by atoms with Gasteiger partial charge in [0.25, 0.3) is 0 Å². The van der Waals surface area contributed by atoms with Crippen molar-refractivity contribution >= 4 is 11.7 Å². The average Bonchev–Trinajstić information content (AvgIpc) is 2.87. The van der Waals surface area contributed by atoms with E-state index in [9.17, 15) is 14.4 Å². The lowest BCUT2D eigenvalue weighted by atomic mass is 10.1. The molecule has 0 aliphatic heterocycles. The number of pyridine rings is 1. The highest BCUT2D eigenvalue weighted by Crippen LogP contribution is 2.27. The van der Waals surface area contributed by atoms with E-state index in [0.717, 1.165) is 16.7 Å². The molecule has 0 saturated carbocycles. The molecule has 0 unspecified atom stereocenters. The van der Waals surface area contributed by atoms with Crippen molar-refractivity contribution in [2.75, 3.05) is 0 Å². The Labute approximate surface area is 212 Å². The number of aryl methyl sites for hydroxylation is 2. The minimum atomic E-state index is -1.07. The van der Waals surface area contributed by atoms with Crippen LogP contribution in [0.2, 0.25) is 0 Å². The molecule has 0 spiro atoms. The number of ether oxygens (including phenoxy) is 1. The van der Waals surface area contributed by atoms with Gasteiger partial charge in [-0.25, -0.2) is 28.9 Å². The van der Waals surface area contributed by atoms with Gasteiger partial charge < -0.3 is 9.84 Å². The SMILES string of the molecule is CCCn1c(=O)[nH]/c(=N\c2ccc(Oc3ccc(C(=O)O)cn3)c(C)c2)n(Cc2ccc(C)cc2)c1=O. The number of rotatable bonds is 8. The van der Waals surface area contributed by atoms with Crippen LogP contribution >= 0.6 is 0 Å². The van der Waals surface area contributed by atoms with Crippen LogP contribution in [0.4, 0.5) is 5.69 Å². The maximum absolute atomic E-state index is 13.2. The first kappa shape index (κ1) is 25.4. The molecule has 0 aliphatic rings. The van der Waals surface area contributed by atoms with Crippen molar-refractivity contribution in [2.45, 2.75) is 40.3 Å². The molecular weight excluding hydrogens is 474 g/mol. The molecule has 10 heteroatoms. The summed E-state index contributed by atoms with van der Waals surface area (Å²) in [7, 11) is 0. The molecule has 0 fully saturated rings. The summed E-state index contributed by atoms with van der Waals surface area (Å²) in [6.45, 7) is 6.26. The van der Waals surface area contributed by atoms with E-state index in [4.69, 9.17) is 9.84 Å². The van der Waals surface area contributed by atoms with Crippen LogP contribution in [0.5, 0.6) is 11.6 Å². The maximum atomic E-state index is 13.2. The number of aromatic carboxylic acids is 1. The normalized spacial score (nSPS) is 11.5. The quantitative estimate of drug-likeness (QED) is 0.380. The van der Waals surface area contributed by atoms with Crippen molar-refractivity contribution in [2.24, 2.45) is 4.99 Å². The van der Waals surface area contributed by atoms with E-state index in [2.05, 4.69) is 15.0 Å². The predicted molar refractivity (Wildman–Crippen MR) is 138 cm³/mol. The first-order valence-electron chi connectivity index (χ1n) is 11.8. The van der Waals surface area contributed by atoms with Gasteiger partial charge in [-0.1, -0.05) is 36.8 Å². The summed E-state index contributed by atoms with van der Waals surface area (Å²) in [5.74, 6) is -0.312. The molecular formula is C27H27N5O5. The standard InChI is InChI=1S/C27H27N5O5/c1-4-13-31-26(35)30-25(32(27(31)36)16-19-7-5-17(2)6-8-19)29-21-10-11-22(18(3)14-21)37-23-12-9-20(15-28-23)24(33)34/h5-12,14-15H,4,13,16H2,1-3H3,(H,33,34)(H,29,30,35). The van der Waals surface area contributed by atoms with E-state index in [0.29, 0.717) is 24.4 Å². The molecule has 37 heavy (non-hydrogen) atoms. The predicted octanol–water partition coefficient (Wildman–Crippen LogP) is 3.53. The molecule has 0 atom stereocenters. The van der Waals surface area contributed by atoms with Crippen LogP contribution in [0.1, 0.15) is 40.4 Å². The van der Waals surface area contributed by atoms with E-state index in [-0.39, 0.29) is 23.6 Å². The first-order valence-corrected chi connectivity index (χ1v) is 11.8. The van der Waals surface area contributed by atoms with Gasteiger partial charge in [0.15, 0.2) is 0 Å². The number of carboxylic acid groups (broad SMARTS) is 1. The molecule has 0 amide bonds. The lowest BCUT2D eigenvalue weighted by Gasteiger charge is -2.11. The minimum Gasteiger partial charge on any atom is -0.478 e. The van der Waals surface area contributed by atoms with Gasteiger partial charge >= 0.3 is 17.3 Å². The number of H-pyrrole nitrogens is 1. The Bertz CT molecular complexity index is 1610. The Kier molecular flexibility index (Phi) is 7.47. The molecule has 0 radical (unpaired) electrons. The van der Waals surface area contributed by atoms with Gasteiger partial charge in [-0.15, -0.1) is 0 Å². The Morgan fingerprint density at radius 1 is 1.05 bits per heavy atom. The van der Waals surface area contributed by atoms with E-state index in [1.165, 1.54) is 27.5 Å². The van der Waals surface area contributed by atoms with Crippen molar-refractivity contribution in [3.8, 4) is 11.6 Å². The lowest BCUT2D eigenvalue weighted by Crippen LogP contribution is -2.50. The molecule has 0 aliphatic carbocycles. The number of nitrogens with zero attached hydrogens (tertiary/aromatic N) is 4. The summed E-state index contributed by atoms with van der Waals surface area (Å²) in [4.78, 5) is 48.2. The molecule has 0 bridgehead atoms. The zero-order valence-corrected chi connectivity index (χ0v) is 20.8. The maximum Gasteiger partial charge on any atom is 0.337 e. The van der Waals surface area contributed by atoms with Gasteiger partial charge in [-0.05, 0) is 55.7 Å². The molecule has 10 nitrogen and oxygen atoms in total. The largest absolute Gasteiger partial charge is 0.478 e. The summed E-state index contributed by atoms with van der Waals surface area (Å²) in [6.07, 6.45) is 1.86. The average molecular weight is 502 g/mol. The van der Waals surface area contributed by atoms with Crippen LogP contribution in [0.15, 0.2) is 75.4 Å². The lowest BCUT2D eigenvalue weighted by molar-refractivity contribution is 0.0696. The second-order valence-electron chi connectivity index (χ2n) is 8.61. The highest BCUT2D eigenvalue weighted by atomic mass is 16.5. The van der Waals surface area contributed by atoms with Crippen LogP contribution < -0.4 is 21.7 Å². The van der Waals surface area contributed by atoms with Crippen molar-refractivity contribution in [1.29, 1.82) is 0 Å². The Morgan fingerprint density at radius 3 is 2.43 bits per heavy atom. The number of carbonyl (C=O) groups is 1. The first-order chi connectivity index (χ1) is 17.7. The number of hydrogen-bond donors (Lipinski definition) is 2. The summed E-state index contributed by atoms with van der Waals surface area (Å²) >= 11 is 0. The van der Waals surface area contributed by atoms with Crippen molar-refractivity contribution in [3.63, 3.8) is 0 Å². The van der Waals surface area contributed by atoms with Crippen molar-refractivity contribution < 1.29 is 14.6 Å². The van der Waals surface area contributed by atoms with Gasteiger partial charge in [0.05, 0.1) is 17.8 Å². The van der Waals surface area contributed by atoms with Gasteiger partial charge in [0.1, 0.15) is 5.75 Å². The van der Waals surface area contributed by atoms with Crippen LogP contribution in [-0.2, 0) is 13.1 Å². The number of aromatic amines is 1. The highest BCUT2D eigenvalue weighted by molar-refractivity contribution is 5.87. The fourth-order valence-corrected chi connectivity index (χ4v) is 3.70. The summed E-state index contributed by atoms with van der Waals surface area (Å²) < 4.78 is 8.41. The molecule has 190 valence electrons. The number of carboxylic acids is 1. The number of nitrogens with one attached hydrogen (secondary N) is 1. The Balaban J connectivity index is 1.71. The smallest absolute Gasteiger partial charge is 0.337 e. The summed E-state index contributed by atoms with van der Waals surface area (Å²) in [5.41, 5.74) is 2.51. The zero-order valence-electron chi connectivity index (χ0n) is 20.8. The Hall–Kier alpha value is -4.73. The third-order valence-electron chi connectivity index (χ3n) is 5.68. The van der Waals surface area contributed by atoms with Gasteiger partial charge in [0, 0.05) is 18.8 Å². The van der Waals surface area contributed by atoms with Crippen molar-refractivity contribution in [3.05, 3.63) is 110 Å². The molecule has 0 saturated heterocycles. The fraction of sp³-hybridized carbons (Fsp3) is 0.222. The van der Waals surface area contributed by atoms with Gasteiger partial charge in [-0.3, -0.25) is 9.55 Å². The number of aromatic nitrogens is 4. The zero-order chi connectivity index (χ0) is 26.5. The van der Waals surface area contributed by atoms with E-state index >= 15 is 0 Å². The van der Waals surface area contributed by atoms with Gasteiger partial charge in [0.2, 0.25) is 11.5 Å². The molecule has 2 N–H and O–H groups in total. The third kappa shape index (κ3) is 5.92. The molecule has 2 aromatic carbocycles. The second kappa shape index (κ2) is 10.9. The fourth-order valence-electron chi connectivity index (χ4n) is 3.70. The molecule has 4 rings (SSSR count). The van der Waals surface area contributed by atoms with Crippen LogP contribution in [0.25, 0.3) is 0 Å². The number of hydrogen-bond acceptors (Lipinski definition) is 6. The topological polar surface area (TPSA) is 132 Å². The summed E-state index contributed by atoms with van der Waals surface area (Å²) in [6, 6.07) is 15.8. The van der Waals surface area contributed by atoms with Crippen molar-refractivity contribution in [1.82, 2.24) is 19.1 Å². The number of benzene rings is 2. The van der Waals surface area contributed by atoms with Crippen LogP contribution in [0, 0.1) is 13.8 Å². The van der Waals surface area contributed by atoms with Crippen LogP contribution in [-0.4, -0.2) is 30.2 Å². The molecule has 2 aromatic heterocycles. The highest BCUT2D eigenvalue weighted by Gasteiger charge is 2.11. The van der Waals surface area contributed by atoms with Gasteiger partial charge in [-0.2, -0.15) is 0 Å². The molecule has 2 heterocycles. The monoisotopic (exact) mass is 501 g/mol. The van der Waals surface area contributed by atoms with E-state index in [1.54, 1.807) is 18.2 Å². The minimum absolute atomic E-state index is 0.0621. The van der Waals surface area contributed by atoms with E-state index in [1.807, 2.05) is 45.0 Å². The summed E-state index contributed by atoms with van der Waals surface area (Å²) in [5, 5.41) is 9.01. The Morgan fingerprint density at radius 2 is 1.81 bits per heavy atom. The second-order valence-corrected chi connectivity index (χ2v) is 8.61. The third-order valence-corrected chi connectivity index (χ3v) is 5.68. The molecule has 4 aromatic rings.